The molecule has 1 heterocycles. The Kier molecular flexibility index (Phi) is 3.60. The second-order valence-corrected chi connectivity index (χ2v) is 5.54. The Hall–Kier alpha value is -3.33. The Morgan fingerprint density at radius 2 is 1.58 bits per heavy atom. The van der Waals surface area contributed by atoms with Gasteiger partial charge < -0.3 is 9.73 Å². The Labute approximate surface area is 139 Å². The number of nitrogens with one attached hydrogen (secondary N) is 1. The van der Waals surface area contributed by atoms with E-state index in [1.54, 1.807) is 6.08 Å². The van der Waals surface area contributed by atoms with E-state index < -0.39 is 0 Å². The maximum absolute atomic E-state index is 12.1. The molecule has 1 N–H and O–H groups in total. The summed E-state index contributed by atoms with van der Waals surface area (Å²) in [5.74, 6) is -0.172. The monoisotopic (exact) mass is 313 g/mol. The van der Waals surface area contributed by atoms with Gasteiger partial charge in [0.2, 0.25) is 5.91 Å². The molecule has 116 valence electrons. The predicted molar refractivity (Wildman–Crippen MR) is 97.8 cm³/mol. The van der Waals surface area contributed by atoms with Gasteiger partial charge >= 0.3 is 0 Å². The zero-order valence-corrected chi connectivity index (χ0v) is 12.9. The topological polar surface area (TPSA) is 42.2 Å². The lowest BCUT2D eigenvalue weighted by molar-refractivity contribution is -0.111. The lowest BCUT2D eigenvalue weighted by Crippen LogP contribution is -2.07. The minimum absolute atomic E-state index is 0.172. The number of hydrogen-bond acceptors (Lipinski definition) is 2. The van der Waals surface area contributed by atoms with Gasteiger partial charge in [0.25, 0.3) is 0 Å². The molecule has 0 aliphatic carbocycles. The third-order valence-corrected chi connectivity index (χ3v) is 3.87. The van der Waals surface area contributed by atoms with E-state index in [4.69, 9.17) is 4.42 Å². The first-order chi connectivity index (χ1) is 11.8. The van der Waals surface area contributed by atoms with Gasteiger partial charge in [-0.15, -0.1) is 0 Å². The van der Waals surface area contributed by atoms with Crippen LogP contribution in [0, 0.1) is 0 Å². The number of benzene rings is 3. The Morgan fingerprint density at radius 1 is 0.833 bits per heavy atom. The first-order valence-corrected chi connectivity index (χ1v) is 7.75. The molecule has 1 amide bonds. The molecule has 0 saturated heterocycles. The Balaban J connectivity index is 1.57. The average molecular weight is 313 g/mol. The van der Waals surface area contributed by atoms with E-state index in [0.29, 0.717) is 5.69 Å². The van der Waals surface area contributed by atoms with Crippen LogP contribution in [0.15, 0.2) is 83.3 Å². The maximum Gasteiger partial charge on any atom is 0.248 e. The summed E-state index contributed by atoms with van der Waals surface area (Å²) in [6, 6.07) is 23.3. The number of fused-ring (bicyclic) bond motifs is 3. The van der Waals surface area contributed by atoms with E-state index in [-0.39, 0.29) is 5.91 Å². The van der Waals surface area contributed by atoms with E-state index >= 15 is 0 Å². The van der Waals surface area contributed by atoms with Crippen molar-refractivity contribution in [2.24, 2.45) is 0 Å². The molecule has 4 aromatic rings. The molecule has 4 rings (SSSR count). The number of carbonyl (C=O) groups is 1. The molecule has 0 bridgehead atoms. The predicted octanol–water partition coefficient (Wildman–Crippen LogP) is 5.24. The lowest BCUT2D eigenvalue weighted by Gasteiger charge is -2.01. The van der Waals surface area contributed by atoms with Crippen molar-refractivity contribution in [1.82, 2.24) is 0 Å². The molecule has 3 heteroatoms. The van der Waals surface area contributed by atoms with Gasteiger partial charge in [-0.2, -0.15) is 0 Å². The van der Waals surface area contributed by atoms with E-state index in [0.717, 1.165) is 27.5 Å². The summed E-state index contributed by atoms with van der Waals surface area (Å²) >= 11 is 0. The van der Waals surface area contributed by atoms with Crippen LogP contribution in [-0.4, -0.2) is 5.91 Å². The van der Waals surface area contributed by atoms with Crippen molar-refractivity contribution in [3.63, 3.8) is 0 Å². The molecule has 0 radical (unpaired) electrons. The van der Waals surface area contributed by atoms with Crippen molar-refractivity contribution in [2.45, 2.75) is 0 Å². The molecule has 3 nitrogen and oxygen atoms in total. The molecule has 24 heavy (non-hydrogen) atoms. The largest absolute Gasteiger partial charge is 0.456 e. The molecule has 0 spiro atoms. The fourth-order valence-corrected chi connectivity index (χ4v) is 2.72. The van der Waals surface area contributed by atoms with E-state index in [9.17, 15) is 4.79 Å². The van der Waals surface area contributed by atoms with Gasteiger partial charge in [-0.05, 0) is 29.8 Å². The van der Waals surface area contributed by atoms with Gasteiger partial charge in [-0.25, -0.2) is 0 Å². The highest BCUT2D eigenvalue weighted by Crippen LogP contribution is 2.30. The summed E-state index contributed by atoms with van der Waals surface area (Å²) in [5, 5.41) is 4.99. The molecular formula is C21H15NO2. The van der Waals surface area contributed by atoms with Gasteiger partial charge in [-0.3, -0.25) is 4.79 Å². The van der Waals surface area contributed by atoms with Crippen LogP contribution >= 0.6 is 0 Å². The third kappa shape index (κ3) is 2.79. The van der Waals surface area contributed by atoms with Gasteiger partial charge in [0, 0.05) is 28.6 Å². The minimum Gasteiger partial charge on any atom is -0.456 e. The zero-order chi connectivity index (χ0) is 16.4. The van der Waals surface area contributed by atoms with Gasteiger partial charge in [0.1, 0.15) is 11.2 Å². The Bertz CT molecular complexity index is 1050. The maximum atomic E-state index is 12.1. The second-order valence-electron chi connectivity index (χ2n) is 5.54. The summed E-state index contributed by atoms with van der Waals surface area (Å²) in [6.07, 6.45) is 3.31. The van der Waals surface area contributed by atoms with E-state index in [2.05, 4.69) is 5.32 Å². The molecule has 1 aromatic heterocycles. The van der Waals surface area contributed by atoms with Crippen molar-refractivity contribution in [3.8, 4) is 0 Å². The van der Waals surface area contributed by atoms with Crippen molar-refractivity contribution < 1.29 is 9.21 Å². The molecular weight excluding hydrogens is 298 g/mol. The summed E-state index contributed by atoms with van der Waals surface area (Å²) in [4.78, 5) is 12.1. The van der Waals surface area contributed by atoms with Crippen molar-refractivity contribution >= 4 is 39.6 Å². The Morgan fingerprint density at radius 3 is 2.46 bits per heavy atom. The summed E-state index contributed by atoms with van der Waals surface area (Å²) in [6.45, 7) is 0. The fraction of sp³-hybridized carbons (Fsp3) is 0. The molecule has 0 atom stereocenters. The molecule has 3 aromatic carbocycles. The first kappa shape index (κ1) is 14.3. The van der Waals surface area contributed by atoms with E-state index in [1.165, 1.54) is 6.08 Å². The number of hydrogen-bond donors (Lipinski definition) is 1. The number of amides is 1. The average Bonchev–Trinajstić information content (AvgIpc) is 2.98. The van der Waals surface area contributed by atoms with Crippen molar-refractivity contribution in [1.29, 1.82) is 0 Å². The molecule has 0 fully saturated rings. The third-order valence-electron chi connectivity index (χ3n) is 3.87. The molecule has 0 aliphatic rings. The van der Waals surface area contributed by atoms with Crippen LogP contribution in [0.3, 0.4) is 0 Å². The van der Waals surface area contributed by atoms with Gasteiger partial charge in [0.05, 0.1) is 0 Å². The smallest absolute Gasteiger partial charge is 0.248 e. The highest BCUT2D eigenvalue weighted by molar-refractivity contribution is 6.07. The van der Waals surface area contributed by atoms with Crippen LogP contribution in [0.25, 0.3) is 28.0 Å². The van der Waals surface area contributed by atoms with Crippen LogP contribution in [-0.2, 0) is 4.79 Å². The summed E-state index contributed by atoms with van der Waals surface area (Å²) in [7, 11) is 0. The molecule has 0 aliphatic heterocycles. The van der Waals surface area contributed by atoms with E-state index in [1.807, 2.05) is 72.8 Å². The highest BCUT2D eigenvalue weighted by Gasteiger charge is 2.07. The van der Waals surface area contributed by atoms with Crippen LogP contribution in [0.2, 0.25) is 0 Å². The number of anilines is 1. The van der Waals surface area contributed by atoms with Crippen molar-refractivity contribution in [3.05, 3.63) is 84.4 Å². The standard InChI is InChI=1S/C21H15NO2/c23-21(13-10-15-6-2-1-3-7-15)22-16-11-12-18-17-8-4-5-9-19(17)24-20(18)14-16/h1-14H,(H,22,23)/b13-10+. The number of rotatable bonds is 3. The highest BCUT2D eigenvalue weighted by atomic mass is 16.3. The van der Waals surface area contributed by atoms with Crippen LogP contribution in [0.4, 0.5) is 5.69 Å². The fourth-order valence-electron chi connectivity index (χ4n) is 2.72. The summed E-state index contributed by atoms with van der Waals surface area (Å²) < 4.78 is 5.83. The quantitative estimate of drug-likeness (QED) is 0.526. The van der Waals surface area contributed by atoms with Gasteiger partial charge in [-0.1, -0.05) is 48.5 Å². The number of carbonyl (C=O) groups excluding carboxylic acids is 1. The van der Waals surface area contributed by atoms with Crippen LogP contribution in [0.5, 0.6) is 0 Å². The molecule has 0 saturated carbocycles. The first-order valence-electron chi connectivity index (χ1n) is 7.75. The zero-order valence-electron chi connectivity index (χ0n) is 12.9. The van der Waals surface area contributed by atoms with Gasteiger partial charge in [0.15, 0.2) is 0 Å². The van der Waals surface area contributed by atoms with Crippen LogP contribution in [0.1, 0.15) is 5.56 Å². The minimum atomic E-state index is -0.172. The second kappa shape index (κ2) is 6.05. The lowest BCUT2D eigenvalue weighted by atomic mass is 10.1. The summed E-state index contributed by atoms with van der Waals surface area (Å²) in [5.41, 5.74) is 3.31. The molecule has 0 unspecified atom stereocenters. The van der Waals surface area contributed by atoms with Crippen LogP contribution < -0.4 is 5.32 Å². The van der Waals surface area contributed by atoms with Crippen molar-refractivity contribution in [2.75, 3.05) is 5.32 Å². The number of furan rings is 1. The normalized spacial score (nSPS) is 11.3. The SMILES string of the molecule is O=C(/C=C/c1ccccc1)Nc1ccc2c(c1)oc1ccccc12. The number of para-hydroxylation sites is 1.